The number of rotatable bonds is 4. The van der Waals surface area contributed by atoms with Crippen molar-refractivity contribution >= 4 is 35.1 Å². The zero-order valence-corrected chi connectivity index (χ0v) is 12.9. The van der Waals surface area contributed by atoms with E-state index in [0.29, 0.717) is 21.3 Å². The van der Waals surface area contributed by atoms with Gasteiger partial charge in [-0.05, 0) is 25.1 Å². The third-order valence-electron chi connectivity index (χ3n) is 2.83. The second-order valence-corrected chi connectivity index (χ2v) is 5.27. The van der Waals surface area contributed by atoms with Gasteiger partial charge in [-0.3, -0.25) is 9.59 Å². The highest BCUT2D eigenvalue weighted by Gasteiger charge is 2.17. The molecule has 0 fully saturated rings. The van der Waals surface area contributed by atoms with E-state index >= 15 is 0 Å². The summed E-state index contributed by atoms with van der Waals surface area (Å²) in [6.45, 7) is 1.36. The molecule has 0 aliphatic carbocycles. The van der Waals surface area contributed by atoms with Gasteiger partial charge in [0.15, 0.2) is 0 Å². The van der Waals surface area contributed by atoms with Crippen molar-refractivity contribution in [3.05, 3.63) is 46.3 Å². The fraction of sp³-hybridized carbons (Fsp3) is 0.143. The third kappa shape index (κ3) is 3.72. The third-order valence-corrected chi connectivity index (χ3v) is 3.57. The molecule has 2 N–H and O–H groups in total. The van der Waals surface area contributed by atoms with Crippen molar-refractivity contribution in [1.29, 1.82) is 0 Å². The van der Waals surface area contributed by atoms with E-state index in [1.807, 2.05) is 0 Å². The Balaban J connectivity index is 2.28. The molecule has 0 bridgehead atoms. The van der Waals surface area contributed by atoms with Crippen molar-refractivity contribution in [3.63, 3.8) is 0 Å². The minimum absolute atomic E-state index is 0.0594. The number of nitrogens with zero attached hydrogens (tertiary/aromatic N) is 2. The van der Waals surface area contributed by atoms with E-state index in [1.54, 1.807) is 18.2 Å². The average Bonchev–Trinajstić information content (AvgIpc) is 2.50. The van der Waals surface area contributed by atoms with Gasteiger partial charge in [0, 0.05) is 5.56 Å². The number of hydrogen-bond donors (Lipinski definition) is 2. The van der Waals surface area contributed by atoms with Crippen LogP contribution in [0.1, 0.15) is 17.4 Å². The lowest BCUT2D eigenvalue weighted by molar-refractivity contribution is -0.138. The summed E-state index contributed by atoms with van der Waals surface area (Å²) < 4.78 is 0. The Morgan fingerprint density at radius 2 is 1.91 bits per heavy atom. The van der Waals surface area contributed by atoms with E-state index in [4.69, 9.17) is 28.3 Å². The summed E-state index contributed by atoms with van der Waals surface area (Å²) in [6, 6.07) is 5.37. The minimum Gasteiger partial charge on any atom is -0.480 e. The normalized spacial score (nSPS) is 11.8. The first-order valence-electron chi connectivity index (χ1n) is 6.19. The molecule has 0 radical (unpaired) electrons. The van der Waals surface area contributed by atoms with Crippen LogP contribution in [-0.4, -0.2) is 33.0 Å². The molecule has 22 heavy (non-hydrogen) atoms. The molecule has 1 unspecified atom stereocenters. The van der Waals surface area contributed by atoms with Gasteiger partial charge in [0.2, 0.25) is 0 Å². The van der Waals surface area contributed by atoms with Crippen LogP contribution in [0.25, 0.3) is 11.3 Å². The molecule has 1 aromatic carbocycles. The fourth-order valence-electron chi connectivity index (χ4n) is 1.63. The van der Waals surface area contributed by atoms with Crippen LogP contribution >= 0.6 is 23.2 Å². The molecule has 8 heteroatoms. The maximum Gasteiger partial charge on any atom is 0.325 e. The molecular weight excluding hydrogens is 329 g/mol. The molecule has 0 saturated heterocycles. The number of hydrogen-bond acceptors (Lipinski definition) is 4. The van der Waals surface area contributed by atoms with Gasteiger partial charge in [0.25, 0.3) is 5.91 Å². The van der Waals surface area contributed by atoms with Crippen molar-refractivity contribution in [3.8, 4) is 11.3 Å². The maximum atomic E-state index is 12.0. The summed E-state index contributed by atoms with van der Waals surface area (Å²) in [5.74, 6) is -1.73. The molecule has 114 valence electrons. The molecule has 0 aliphatic rings. The zero-order chi connectivity index (χ0) is 16.3. The molecule has 1 heterocycles. The number of nitrogens with one attached hydrogen (secondary N) is 1. The van der Waals surface area contributed by atoms with E-state index in [9.17, 15) is 9.59 Å². The SMILES string of the molecule is CC(NC(=O)c1cc(-c2ccc(Cl)c(Cl)c2)ncn1)C(=O)O. The number of aliphatic carboxylic acids is 1. The van der Waals surface area contributed by atoms with Crippen LogP contribution in [0.4, 0.5) is 0 Å². The van der Waals surface area contributed by atoms with Gasteiger partial charge >= 0.3 is 5.97 Å². The highest BCUT2D eigenvalue weighted by atomic mass is 35.5. The van der Waals surface area contributed by atoms with E-state index in [-0.39, 0.29) is 5.69 Å². The quantitative estimate of drug-likeness (QED) is 0.893. The Bertz CT molecular complexity index is 737. The van der Waals surface area contributed by atoms with Gasteiger partial charge in [0.05, 0.1) is 15.7 Å². The first-order valence-corrected chi connectivity index (χ1v) is 6.95. The van der Waals surface area contributed by atoms with Crippen LogP contribution in [0, 0.1) is 0 Å². The Hall–Kier alpha value is -2.18. The van der Waals surface area contributed by atoms with Crippen LogP contribution < -0.4 is 5.32 Å². The number of carbonyl (C=O) groups is 2. The Labute approximate surface area is 136 Å². The highest BCUT2D eigenvalue weighted by molar-refractivity contribution is 6.42. The van der Waals surface area contributed by atoms with Crippen LogP contribution in [0.2, 0.25) is 10.0 Å². The lowest BCUT2D eigenvalue weighted by Crippen LogP contribution is -2.38. The summed E-state index contributed by atoms with van der Waals surface area (Å²) in [4.78, 5) is 30.6. The van der Waals surface area contributed by atoms with Gasteiger partial charge in [0.1, 0.15) is 18.1 Å². The number of carboxylic acids is 1. The molecule has 1 amide bonds. The second-order valence-electron chi connectivity index (χ2n) is 4.45. The van der Waals surface area contributed by atoms with Crippen molar-refractivity contribution in [2.24, 2.45) is 0 Å². The molecule has 0 aliphatic heterocycles. The van der Waals surface area contributed by atoms with Crippen LogP contribution in [0.3, 0.4) is 0 Å². The molecule has 0 saturated carbocycles. The van der Waals surface area contributed by atoms with Gasteiger partial charge in [-0.2, -0.15) is 0 Å². The van der Waals surface area contributed by atoms with E-state index in [0.717, 1.165) is 0 Å². The summed E-state index contributed by atoms with van der Waals surface area (Å²) in [6.07, 6.45) is 1.22. The first-order chi connectivity index (χ1) is 10.4. The number of carbonyl (C=O) groups excluding carboxylic acids is 1. The monoisotopic (exact) mass is 339 g/mol. The zero-order valence-electron chi connectivity index (χ0n) is 11.4. The number of carboxylic acid groups (broad SMARTS) is 1. The smallest absolute Gasteiger partial charge is 0.325 e. The topological polar surface area (TPSA) is 92.2 Å². The lowest BCUT2D eigenvalue weighted by Gasteiger charge is -2.09. The number of aromatic nitrogens is 2. The van der Waals surface area contributed by atoms with Crippen molar-refractivity contribution in [1.82, 2.24) is 15.3 Å². The van der Waals surface area contributed by atoms with Crippen molar-refractivity contribution < 1.29 is 14.7 Å². The largest absolute Gasteiger partial charge is 0.480 e. The molecule has 6 nitrogen and oxygen atoms in total. The van der Waals surface area contributed by atoms with Crippen molar-refractivity contribution in [2.75, 3.05) is 0 Å². The van der Waals surface area contributed by atoms with E-state index < -0.39 is 17.9 Å². The molecule has 2 rings (SSSR count). The van der Waals surface area contributed by atoms with Crippen molar-refractivity contribution in [2.45, 2.75) is 13.0 Å². The molecule has 1 aromatic heterocycles. The minimum atomic E-state index is -1.13. The van der Waals surface area contributed by atoms with Crippen LogP contribution in [0.15, 0.2) is 30.6 Å². The van der Waals surface area contributed by atoms with Gasteiger partial charge in [-0.25, -0.2) is 9.97 Å². The van der Waals surface area contributed by atoms with Gasteiger partial charge in [-0.15, -0.1) is 0 Å². The Morgan fingerprint density at radius 3 is 2.55 bits per heavy atom. The number of benzene rings is 1. The maximum absolute atomic E-state index is 12.0. The predicted molar refractivity (Wildman–Crippen MR) is 82.1 cm³/mol. The average molecular weight is 340 g/mol. The summed E-state index contributed by atoms with van der Waals surface area (Å²) in [5, 5.41) is 11.9. The van der Waals surface area contributed by atoms with E-state index in [2.05, 4.69) is 15.3 Å². The van der Waals surface area contributed by atoms with Crippen LogP contribution in [0.5, 0.6) is 0 Å². The van der Waals surface area contributed by atoms with Gasteiger partial charge < -0.3 is 10.4 Å². The molecule has 0 spiro atoms. The van der Waals surface area contributed by atoms with Crippen LogP contribution in [-0.2, 0) is 4.79 Å². The first kappa shape index (κ1) is 16.2. The lowest BCUT2D eigenvalue weighted by atomic mass is 10.1. The molecular formula is C14H11Cl2N3O3. The second kappa shape index (κ2) is 6.72. The molecule has 1 atom stereocenters. The van der Waals surface area contributed by atoms with Gasteiger partial charge in [-0.1, -0.05) is 29.3 Å². The molecule has 2 aromatic rings. The standard InChI is InChI=1S/C14H11Cl2N3O3/c1-7(14(21)22)19-13(20)12-5-11(17-6-18-12)8-2-3-9(15)10(16)4-8/h2-7H,1H3,(H,19,20)(H,21,22). The Morgan fingerprint density at radius 1 is 1.18 bits per heavy atom. The predicted octanol–water partition coefficient (Wildman–Crippen LogP) is 2.65. The number of halogens is 2. The summed E-state index contributed by atoms with van der Waals surface area (Å²) in [5.41, 5.74) is 1.20. The van der Waals surface area contributed by atoms with E-state index in [1.165, 1.54) is 19.3 Å². The summed E-state index contributed by atoms with van der Waals surface area (Å²) >= 11 is 11.8. The summed E-state index contributed by atoms with van der Waals surface area (Å²) in [7, 11) is 0. The Kier molecular flexibility index (Phi) is 4.95. The number of amides is 1. The fourth-order valence-corrected chi connectivity index (χ4v) is 1.93. The highest BCUT2D eigenvalue weighted by Crippen LogP contribution is 2.27.